The van der Waals surface area contributed by atoms with Gasteiger partial charge in [0.2, 0.25) is 0 Å². The minimum absolute atomic E-state index is 0.00979. The Balaban J connectivity index is 1.77. The summed E-state index contributed by atoms with van der Waals surface area (Å²) in [5.41, 5.74) is 1.87. The summed E-state index contributed by atoms with van der Waals surface area (Å²) in [6, 6.07) is 5.55. The molecule has 0 aliphatic heterocycles. The number of carbonyl (C=O) groups is 1. The molecule has 2 aromatic rings. The van der Waals surface area contributed by atoms with Crippen molar-refractivity contribution in [3.63, 3.8) is 0 Å². The summed E-state index contributed by atoms with van der Waals surface area (Å²) in [6.45, 7) is 0. The lowest BCUT2D eigenvalue weighted by Crippen LogP contribution is -2.21. The molecule has 0 saturated carbocycles. The van der Waals surface area contributed by atoms with Gasteiger partial charge in [-0.05, 0) is 31.4 Å². The Hall–Kier alpha value is -2.10. The highest BCUT2D eigenvalue weighted by Gasteiger charge is 2.20. The average Bonchev–Trinajstić information content (AvgIpc) is 2.81. The van der Waals surface area contributed by atoms with E-state index in [0.717, 1.165) is 30.3 Å². The largest absolute Gasteiger partial charge is 0.426 e. The van der Waals surface area contributed by atoms with E-state index < -0.39 is 0 Å². The van der Waals surface area contributed by atoms with E-state index in [1.165, 1.54) is 0 Å². The van der Waals surface area contributed by atoms with Gasteiger partial charge in [0.15, 0.2) is 0 Å². The van der Waals surface area contributed by atoms with Crippen molar-refractivity contribution in [3.8, 4) is 5.75 Å². The van der Waals surface area contributed by atoms with Crippen LogP contribution < -0.4 is 4.74 Å². The molecule has 0 amide bonds. The number of hydrogen-bond acceptors (Lipinski definition) is 3. The van der Waals surface area contributed by atoms with Crippen LogP contribution in [0.2, 0.25) is 0 Å². The maximum absolute atomic E-state index is 12.0. The fourth-order valence-electron chi connectivity index (χ4n) is 2.39. The molecule has 0 saturated heterocycles. The van der Waals surface area contributed by atoms with E-state index in [1.54, 1.807) is 6.33 Å². The standard InChI is InChI=1S/C15H16N2O2/c1-17-10-16-13-9-12(7-8-14(13)17)19-15(18)11-5-3-2-4-6-11/h2-3,7-11H,4-6H2,1H3. The maximum Gasteiger partial charge on any atom is 0.314 e. The first-order chi connectivity index (χ1) is 9.24. The van der Waals surface area contributed by atoms with E-state index in [4.69, 9.17) is 4.74 Å². The molecule has 1 aliphatic rings. The van der Waals surface area contributed by atoms with Crippen molar-refractivity contribution in [2.24, 2.45) is 13.0 Å². The van der Waals surface area contributed by atoms with Gasteiger partial charge in [-0.25, -0.2) is 4.98 Å². The predicted octanol–water partition coefficient (Wildman–Crippen LogP) is 2.84. The summed E-state index contributed by atoms with van der Waals surface area (Å²) in [4.78, 5) is 16.3. The molecule has 19 heavy (non-hydrogen) atoms. The first kappa shape index (κ1) is 12.0. The highest BCUT2D eigenvalue weighted by molar-refractivity contribution is 5.80. The number of fused-ring (bicyclic) bond motifs is 1. The van der Waals surface area contributed by atoms with Gasteiger partial charge in [0.05, 0.1) is 23.3 Å². The normalized spacial score (nSPS) is 18.7. The lowest BCUT2D eigenvalue weighted by molar-refractivity contribution is -0.139. The van der Waals surface area contributed by atoms with Gasteiger partial charge in [-0.1, -0.05) is 12.2 Å². The van der Waals surface area contributed by atoms with Crippen molar-refractivity contribution < 1.29 is 9.53 Å². The monoisotopic (exact) mass is 256 g/mol. The molecule has 0 radical (unpaired) electrons. The molecule has 4 nitrogen and oxygen atoms in total. The van der Waals surface area contributed by atoms with E-state index in [1.807, 2.05) is 29.8 Å². The number of rotatable bonds is 2. The zero-order chi connectivity index (χ0) is 13.2. The Bertz CT molecular complexity index is 643. The van der Waals surface area contributed by atoms with Crippen molar-refractivity contribution in [3.05, 3.63) is 36.7 Å². The van der Waals surface area contributed by atoms with Crippen molar-refractivity contribution in [1.29, 1.82) is 0 Å². The van der Waals surface area contributed by atoms with Gasteiger partial charge in [-0.2, -0.15) is 0 Å². The summed E-state index contributed by atoms with van der Waals surface area (Å²) in [6.07, 6.45) is 8.54. The second kappa shape index (κ2) is 4.88. The van der Waals surface area contributed by atoms with Crippen LogP contribution in [0, 0.1) is 5.92 Å². The minimum atomic E-state index is -0.139. The predicted molar refractivity (Wildman–Crippen MR) is 72.8 cm³/mol. The average molecular weight is 256 g/mol. The third kappa shape index (κ3) is 2.38. The Morgan fingerprint density at radius 2 is 2.32 bits per heavy atom. The zero-order valence-corrected chi connectivity index (χ0v) is 10.9. The number of carbonyl (C=O) groups excluding carboxylic acids is 1. The zero-order valence-electron chi connectivity index (χ0n) is 10.9. The van der Waals surface area contributed by atoms with Gasteiger partial charge in [-0.3, -0.25) is 4.79 Å². The van der Waals surface area contributed by atoms with E-state index >= 15 is 0 Å². The second-order valence-corrected chi connectivity index (χ2v) is 4.91. The van der Waals surface area contributed by atoms with Crippen LogP contribution in [0.4, 0.5) is 0 Å². The molecular formula is C15H16N2O2. The Morgan fingerprint density at radius 1 is 1.42 bits per heavy atom. The fraction of sp³-hybridized carbons (Fsp3) is 0.333. The van der Waals surface area contributed by atoms with Crippen molar-refractivity contribution in [2.45, 2.75) is 19.3 Å². The number of aromatic nitrogens is 2. The van der Waals surface area contributed by atoms with Gasteiger partial charge >= 0.3 is 5.97 Å². The molecule has 98 valence electrons. The van der Waals surface area contributed by atoms with Crippen LogP contribution in [-0.4, -0.2) is 15.5 Å². The lowest BCUT2D eigenvalue weighted by Gasteiger charge is -2.16. The Morgan fingerprint density at radius 3 is 3.11 bits per heavy atom. The van der Waals surface area contributed by atoms with Gasteiger partial charge in [0, 0.05) is 13.1 Å². The molecule has 1 aromatic carbocycles. The van der Waals surface area contributed by atoms with Crippen LogP contribution in [-0.2, 0) is 11.8 Å². The maximum atomic E-state index is 12.0. The highest BCUT2D eigenvalue weighted by Crippen LogP contribution is 2.23. The van der Waals surface area contributed by atoms with E-state index in [9.17, 15) is 4.79 Å². The van der Waals surface area contributed by atoms with Crippen LogP contribution in [0.1, 0.15) is 19.3 Å². The molecule has 1 atom stereocenters. The number of imidazole rings is 1. The Kier molecular flexibility index (Phi) is 3.07. The number of esters is 1. The minimum Gasteiger partial charge on any atom is -0.426 e. The van der Waals surface area contributed by atoms with Crippen LogP contribution in [0.15, 0.2) is 36.7 Å². The SMILES string of the molecule is Cn1cnc2cc(OC(=O)C3CC=CCC3)ccc21. The van der Waals surface area contributed by atoms with Gasteiger partial charge in [0.25, 0.3) is 0 Å². The molecule has 1 aliphatic carbocycles. The Labute approximate surface area is 111 Å². The van der Waals surface area contributed by atoms with Crippen molar-refractivity contribution in [1.82, 2.24) is 9.55 Å². The third-order valence-corrected chi connectivity index (χ3v) is 3.52. The van der Waals surface area contributed by atoms with Gasteiger partial charge in [0.1, 0.15) is 5.75 Å². The third-order valence-electron chi connectivity index (χ3n) is 3.52. The molecule has 1 heterocycles. The number of ether oxygens (including phenoxy) is 1. The van der Waals surface area contributed by atoms with Gasteiger partial charge < -0.3 is 9.30 Å². The first-order valence-electron chi connectivity index (χ1n) is 6.52. The molecule has 1 aromatic heterocycles. The summed E-state index contributed by atoms with van der Waals surface area (Å²) in [5.74, 6) is 0.426. The van der Waals surface area contributed by atoms with Crippen molar-refractivity contribution in [2.75, 3.05) is 0 Å². The topological polar surface area (TPSA) is 44.1 Å². The van der Waals surface area contributed by atoms with Crippen LogP contribution in [0.5, 0.6) is 5.75 Å². The van der Waals surface area contributed by atoms with Crippen molar-refractivity contribution >= 4 is 17.0 Å². The molecule has 3 rings (SSSR count). The number of hydrogen-bond donors (Lipinski definition) is 0. The number of nitrogens with zero attached hydrogens (tertiary/aromatic N) is 2. The number of aryl methyl sites for hydroxylation is 1. The smallest absolute Gasteiger partial charge is 0.314 e. The second-order valence-electron chi connectivity index (χ2n) is 4.91. The number of benzene rings is 1. The van der Waals surface area contributed by atoms with E-state index in [2.05, 4.69) is 17.1 Å². The molecule has 0 bridgehead atoms. The molecule has 1 unspecified atom stereocenters. The summed E-state index contributed by atoms with van der Waals surface area (Å²) >= 11 is 0. The molecule has 0 fully saturated rings. The highest BCUT2D eigenvalue weighted by atomic mass is 16.5. The van der Waals surface area contributed by atoms with Gasteiger partial charge in [-0.15, -0.1) is 0 Å². The molecule has 0 spiro atoms. The molecule has 4 heteroatoms. The van der Waals surface area contributed by atoms with E-state index in [0.29, 0.717) is 5.75 Å². The molecule has 0 N–H and O–H groups in total. The van der Waals surface area contributed by atoms with Crippen LogP contribution in [0.25, 0.3) is 11.0 Å². The fourth-order valence-corrected chi connectivity index (χ4v) is 2.39. The van der Waals surface area contributed by atoms with E-state index in [-0.39, 0.29) is 11.9 Å². The lowest BCUT2D eigenvalue weighted by atomic mass is 9.95. The summed E-state index contributed by atoms with van der Waals surface area (Å²) in [7, 11) is 1.94. The van der Waals surface area contributed by atoms with Crippen LogP contribution >= 0.6 is 0 Å². The quantitative estimate of drug-likeness (QED) is 0.471. The summed E-state index contributed by atoms with van der Waals surface area (Å²) < 4.78 is 7.39. The van der Waals surface area contributed by atoms with Crippen LogP contribution in [0.3, 0.4) is 0 Å². The number of allylic oxidation sites excluding steroid dienone is 2. The summed E-state index contributed by atoms with van der Waals surface area (Å²) in [5, 5.41) is 0. The first-order valence-corrected chi connectivity index (χ1v) is 6.52. The molecular weight excluding hydrogens is 240 g/mol.